The molecule has 11 heteroatoms. The molecular weight excluding hydrogens is 410 g/mol. The summed E-state index contributed by atoms with van der Waals surface area (Å²) >= 11 is 0. The Balaban J connectivity index is 1.71. The Hall–Kier alpha value is -3.28. The van der Waals surface area contributed by atoms with Gasteiger partial charge in [-0.2, -0.15) is 13.6 Å². The zero-order valence-corrected chi connectivity index (χ0v) is 16.5. The fourth-order valence-electron chi connectivity index (χ4n) is 3.40. The lowest BCUT2D eigenvalue weighted by Crippen LogP contribution is -2.37. The van der Waals surface area contributed by atoms with Crippen molar-refractivity contribution in [2.45, 2.75) is 0 Å². The summed E-state index contributed by atoms with van der Waals surface area (Å²) in [5, 5.41) is 5.75. The van der Waals surface area contributed by atoms with Gasteiger partial charge in [-0.1, -0.05) is 12.1 Å². The van der Waals surface area contributed by atoms with Crippen LogP contribution < -0.4 is 14.2 Å². The molecule has 1 aromatic carbocycles. The molecule has 1 aliphatic rings. The van der Waals surface area contributed by atoms with Gasteiger partial charge in [-0.3, -0.25) is 0 Å². The van der Waals surface area contributed by atoms with Gasteiger partial charge in [-0.25, -0.2) is 15.0 Å². The molecule has 1 saturated heterocycles. The average molecular weight is 427 g/mol. The van der Waals surface area contributed by atoms with E-state index in [4.69, 9.17) is 23.5 Å². The second-order valence-electron chi connectivity index (χ2n) is 6.71. The number of fused-ring (bicyclic) bond motifs is 3. The van der Waals surface area contributed by atoms with Crippen LogP contribution in [0.5, 0.6) is 5.75 Å². The molecule has 4 aromatic rings. The van der Waals surface area contributed by atoms with Crippen molar-refractivity contribution in [2.75, 3.05) is 31.2 Å². The zero-order chi connectivity index (χ0) is 20.7. The molecule has 1 fully saturated rings. The third-order valence-corrected chi connectivity index (χ3v) is 5.11. The van der Waals surface area contributed by atoms with Gasteiger partial charge in [-0.15, -0.1) is 0 Å². The van der Waals surface area contributed by atoms with Gasteiger partial charge in [0.25, 0.3) is 0 Å². The minimum absolute atomic E-state index is 0.0744. The molecular formula is C19H17N5O5S. The van der Waals surface area contributed by atoms with Crippen LogP contribution in [0.4, 0.5) is 5.82 Å². The molecule has 154 valence electrons. The molecule has 4 heterocycles. The number of morpholine rings is 1. The van der Waals surface area contributed by atoms with Gasteiger partial charge >= 0.3 is 10.3 Å². The number of anilines is 1. The Labute approximate surface area is 171 Å². The molecule has 0 spiro atoms. The Morgan fingerprint density at radius 1 is 1.10 bits per heavy atom. The van der Waals surface area contributed by atoms with E-state index in [0.717, 1.165) is 5.39 Å². The molecule has 1 aliphatic heterocycles. The van der Waals surface area contributed by atoms with Gasteiger partial charge in [0.05, 0.1) is 18.6 Å². The van der Waals surface area contributed by atoms with Crippen LogP contribution in [0.1, 0.15) is 0 Å². The minimum atomic E-state index is -4.14. The highest BCUT2D eigenvalue weighted by Crippen LogP contribution is 2.34. The van der Waals surface area contributed by atoms with Gasteiger partial charge in [0.1, 0.15) is 11.3 Å². The highest BCUT2D eigenvalue weighted by atomic mass is 32.2. The van der Waals surface area contributed by atoms with Crippen molar-refractivity contribution in [3.63, 3.8) is 0 Å². The third kappa shape index (κ3) is 3.54. The molecule has 30 heavy (non-hydrogen) atoms. The van der Waals surface area contributed by atoms with Gasteiger partial charge in [0.2, 0.25) is 5.71 Å². The lowest BCUT2D eigenvalue weighted by atomic mass is 10.2. The number of furan rings is 1. The molecule has 2 N–H and O–H groups in total. The highest BCUT2D eigenvalue weighted by Gasteiger charge is 2.23. The standard InChI is InChI=1S/C19H17N5O5S/c20-30(25,26)29-13-4-1-3-12(11-13)17-22-15-14-5-2-6-21-19(14)28-16(15)18(23-17)24-7-9-27-10-8-24/h1-6,11H,7-10H2,(H2,20,25,26). The second-order valence-corrected chi connectivity index (χ2v) is 7.86. The van der Waals surface area contributed by atoms with Crippen molar-refractivity contribution in [3.05, 3.63) is 42.6 Å². The average Bonchev–Trinajstić information content (AvgIpc) is 3.11. The summed E-state index contributed by atoms with van der Waals surface area (Å²) in [6, 6.07) is 10.1. The van der Waals surface area contributed by atoms with Crippen molar-refractivity contribution in [2.24, 2.45) is 5.14 Å². The van der Waals surface area contributed by atoms with Crippen LogP contribution >= 0.6 is 0 Å². The van der Waals surface area contributed by atoms with Crippen LogP contribution in [0.15, 0.2) is 47.0 Å². The van der Waals surface area contributed by atoms with Gasteiger partial charge < -0.3 is 18.2 Å². The predicted molar refractivity (Wildman–Crippen MR) is 109 cm³/mol. The number of hydrogen-bond donors (Lipinski definition) is 1. The number of benzene rings is 1. The largest absolute Gasteiger partial charge is 0.432 e. The normalized spacial score (nSPS) is 15.0. The van der Waals surface area contributed by atoms with Crippen molar-refractivity contribution in [1.82, 2.24) is 15.0 Å². The maximum absolute atomic E-state index is 11.3. The highest BCUT2D eigenvalue weighted by molar-refractivity contribution is 7.84. The summed E-state index contributed by atoms with van der Waals surface area (Å²) in [5.74, 6) is 1.11. The van der Waals surface area contributed by atoms with E-state index in [1.165, 1.54) is 12.1 Å². The maximum atomic E-state index is 11.3. The number of aromatic nitrogens is 3. The van der Waals surface area contributed by atoms with E-state index in [1.54, 1.807) is 18.3 Å². The summed E-state index contributed by atoms with van der Waals surface area (Å²) in [6.45, 7) is 2.48. The van der Waals surface area contributed by atoms with Crippen molar-refractivity contribution in [3.8, 4) is 17.1 Å². The second kappa shape index (κ2) is 7.20. The van der Waals surface area contributed by atoms with Crippen molar-refractivity contribution in [1.29, 1.82) is 0 Å². The van der Waals surface area contributed by atoms with E-state index in [0.29, 0.717) is 60.3 Å². The zero-order valence-electron chi connectivity index (χ0n) is 15.7. The maximum Gasteiger partial charge on any atom is 0.380 e. The molecule has 0 bridgehead atoms. The first kappa shape index (κ1) is 18.7. The van der Waals surface area contributed by atoms with Crippen molar-refractivity contribution < 1.29 is 21.8 Å². The van der Waals surface area contributed by atoms with E-state index >= 15 is 0 Å². The Kier molecular flexibility index (Phi) is 4.50. The van der Waals surface area contributed by atoms with E-state index in [-0.39, 0.29) is 5.75 Å². The lowest BCUT2D eigenvalue weighted by molar-refractivity contribution is 0.122. The Morgan fingerprint density at radius 2 is 1.93 bits per heavy atom. The summed E-state index contributed by atoms with van der Waals surface area (Å²) in [5.41, 5.74) is 2.22. The number of nitrogens with two attached hydrogens (primary N) is 1. The SMILES string of the molecule is NS(=O)(=O)Oc1cccc(-c2nc(N3CCOCC3)c3oc4ncccc4c3n2)c1. The molecule has 0 radical (unpaired) electrons. The Morgan fingerprint density at radius 3 is 2.73 bits per heavy atom. The van der Waals surface area contributed by atoms with Gasteiger partial charge in [-0.05, 0) is 24.3 Å². The molecule has 0 atom stereocenters. The van der Waals surface area contributed by atoms with E-state index in [2.05, 4.69) is 14.9 Å². The van der Waals surface area contributed by atoms with Crippen LogP contribution in [-0.4, -0.2) is 49.7 Å². The van der Waals surface area contributed by atoms with Crippen molar-refractivity contribution >= 4 is 38.3 Å². The molecule has 0 aliphatic carbocycles. The van der Waals surface area contributed by atoms with Crippen LogP contribution in [-0.2, 0) is 15.0 Å². The van der Waals surface area contributed by atoms with Crippen LogP contribution in [0.25, 0.3) is 33.6 Å². The van der Waals surface area contributed by atoms with E-state index in [9.17, 15) is 8.42 Å². The minimum Gasteiger partial charge on any atom is -0.432 e. The first-order valence-electron chi connectivity index (χ1n) is 9.18. The third-order valence-electron chi connectivity index (χ3n) is 4.69. The van der Waals surface area contributed by atoms with E-state index < -0.39 is 10.3 Å². The van der Waals surface area contributed by atoms with Gasteiger partial charge in [0, 0.05) is 24.8 Å². The fraction of sp³-hybridized carbons (Fsp3) is 0.211. The smallest absolute Gasteiger partial charge is 0.380 e. The molecule has 5 rings (SSSR count). The summed E-state index contributed by atoms with van der Waals surface area (Å²) in [7, 11) is -4.14. The quantitative estimate of drug-likeness (QED) is 0.518. The number of ether oxygens (including phenoxy) is 1. The number of rotatable bonds is 4. The fourth-order valence-corrected chi connectivity index (χ4v) is 3.78. The first-order valence-corrected chi connectivity index (χ1v) is 10.7. The van der Waals surface area contributed by atoms with Crippen LogP contribution in [0.2, 0.25) is 0 Å². The number of nitrogens with zero attached hydrogens (tertiary/aromatic N) is 4. The molecule has 0 saturated carbocycles. The first-order chi connectivity index (χ1) is 14.5. The summed E-state index contributed by atoms with van der Waals surface area (Å²) in [6.07, 6.45) is 1.65. The number of hydrogen-bond acceptors (Lipinski definition) is 9. The Bertz CT molecular complexity index is 1350. The van der Waals surface area contributed by atoms with Crippen LogP contribution in [0.3, 0.4) is 0 Å². The lowest BCUT2D eigenvalue weighted by Gasteiger charge is -2.27. The molecule has 10 nitrogen and oxygen atoms in total. The monoisotopic (exact) mass is 427 g/mol. The molecule has 0 unspecified atom stereocenters. The molecule has 3 aromatic heterocycles. The molecule has 0 amide bonds. The van der Waals surface area contributed by atoms with Gasteiger partial charge in [0.15, 0.2) is 17.2 Å². The van der Waals surface area contributed by atoms with Crippen LogP contribution in [0, 0.1) is 0 Å². The van der Waals surface area contributed by atoms with E-state index in [1.807, 2.05) is 12.1 Å². The summed E-state index contributed by atoms with van der Waals surface area (Å²) in [4.78, 5) is 15.8. The topological polar surface area (TPSA) is 134 Å². The predicted octanol–water partition coefficient (Wildman–Crippen LogP) is 1.86. The summed E-state index contributed by atoms with van der Waals surface area (Å²) < 4.78 is 38.8. The number of pyridine rings is 1.